The minimum absolute atomic E-state index is 0.0415. The predicted molar refractivity (Wildman–Crippen MR) is 84.9 cm³/mol. The Bertz CT molecular complexity index is 579. The number of pyridine rings is 1. The highest BCUT2D eigenvalue weighted by Gasteiger charge is 2.47. The second kappa shape index (κ2) is 6.76. The van der Waals surface area contributed by atoms with Gasteiger partial charge < -0.3 is 14.4 Å². The molecule has 0 spiro atoms. The number of carbonyl (C=O) groups excluding carboxylic acids is 1. The highest BCUT2D eigenvalue weighted by Crippen LogP contribution is 2.37. The lowest BCUT2D eigenvalue weighted by atomic mass is 9.82. The summed E-state index contributed by atoms with van der Waals surface area (Å²) in [4.78, 5) is 18.7. The molecule has 2 saturated carbocycles. The van der Waals surface area contributed by atoms with E-state index in [2.05, 4.69) is 4.98 Å². The molecular weight excluding hydrogens is 311 g/mol. The van der Waals surface area contributed by atoms with Crippen LogP contribution < -0.4 is 0 Å². The number of carbonyl (C=O) groups is 1. The van der Waals surface area contributed by atoms with Crippen LogP contribution in [0.25, 0.3) is 0 Å². The van der Waals surface area contributed by atoms with Crippen LogP contribution in [0.3, 0.4) is 0 Å². The number of fused-ring (bicyclic) bond motifs is 2. The van der Waals surface area contributed by atoms with Crippen molar-refractivity contribution in [2.24, 2.45) is 5.92 Å². The summed E-state index contributed by atoms with van der Waals surface area (Å²) in [5, 5.41) is 0. The molecule has 24 heavy (non-hydrogen) atoms. The van der Waals surface area contributed by atoms with Gasteiger partial charge in [-0.25, -0.2) is 4.39 Å². The summed E-state index contributed by atoms with van der Waals surface area (Å²) in [7, 11) is 0. The van der Waals surface area contributed by atoms with Gasteiger partial charge in [0.1, 0.15) is 12.3 Å². The molecule has 1 amide bonds. The number of nitrogens with zero attached hydrogens (tertiary/aromatic N) is 2. The first-order valence-corrected chi connectivity index (χ1v) is 8.79. The standard InChI is InChI=1S/C18H23FN2O3/c19-14-8-13(9-14)18(22)21-6-7-23-16-4-3-15(21)17(16)24-11-12-2-1-5-20-10-12/h1-2,5,10,13-17H,3-4,6-9,11H2/t13?,14?,15-,16-,17+/m0/s1. The van der Waals surface area contributed by atoms with E-state index in [1.807, 2.05) is 17.0 Å². The molecule has 3 fully saturated rings. The van der Waals surface area contributed by atoms with Gasteiger partial charge in [0.05, 0.1) is 25.4 Å². The summed E-state index contributed by atoms with van der Waals surface area (Å²) in [6, 6.07) is 3.90. The number of rotatable bonds is 4. The fourth-order valence-electron chi connectivity index (χ4n) is 4.04. The Morgan fingerprint density at radius 1 is 1.42 bits per heavy atom. The summed E-state index contributed by atoms with van der Waals surface area (Å²) in [5.74, 6) is -0.0776. The van der Waals surface area contributed by atoms with Crippen LogP contribution in [0.1, 0.15) is 31.2 Å². The molecule has 1 saturated heterocycles. The van der Waals surface area contributed by atoms with E-state index in [9.17, 15) is 9.18 Å². The van der Waals surface area contributed by atoms with Gasteiger partial charge >= 0.3 is 0 Å². The largest absolute Gasteiger partial charge is 0.374 e. The van der Waals surface area contributed by atoms with Crippen molar-refractivity contribution in [3.8, 4) is 0 Å². The van der Waals surface area contributed by atoms with E-state index in [0.717, 1.165) is 18.4 Å². The molecule has 130 valence electrons. The average molecular weight is 334 g/mol. The van der Waals surface area contributed by atoms with E-state index in [4.69, 9.17) is 9.47 Å². The summed E-state index contributed by atoms with van der Waals surface area (Å²) < 4.78 is 25.2. The van der Waals surface area contributed by atoms with Crippen molar-refractivity contribution in [2.45, 2.75) is 56.7 Å². The van der Waals surface area contributed by atoms with Gasteiger partial charge in [-0.3, -0.25) is 9.78 Å². The lowest BCUT2D eigenvalue weighted by Crippen LogP contribution is -2.51. The van der Waals surface area contributed by atoms with Gasteiger partial charge in [0.15, 0.2) is 0 Å². The Labute approximate surface area is 141 Å². The summed E-state index contributed by atoms with van der Waals surface area (Å²) in [5.41, 5.74) is 1.01. The Kier molecular flexibility index (Phi) is 4.50. The van der Waals surface area contributed by atoms with Gasteiger partial charge in [-0.05, 0) is 37.3 Å². The van der Waals surface area contributed by atoms with E-state index in [-0.39, 0.29) is 30.1 Å². The Hall–Kier alpha value is -1.53. The van der Waals surface area contributed by atoms with Crippen LogP contribution in [0.5, 0.6) is 0 Å². The Morgan fingerprint density at radius 2 is 2.29 bits per heavy atom. The maximum Gasteiger partial charge on any atom is 0.226 e. The van der Waals surface area contributed by atoms with E-state index in [1.54, 1.807) is 12.4 Å². The van der Waals surface area contributed by atoms with Gasteiger partial charge in [0.2, 0.25) is 5.91 Å². The van der Waals surface area contributed by atoms with Crippen molar-refractivity contribution in [1.82, 2.24) is 9.88 Å². The third-order valence-electron chi connectivity index (χ3n) is 5.44. The second-order valence-electron chi connectivity index (χ2n) is 6.99. The molecule has 0 radical (unpaired) electrons. The summed E-state index contributed by atoms with van der Waals surface area (Å²) in [6.45, 7) is 1.58. The monoisotopic (exact) mass is 334 g/mol. The quantitative estimate of drug-likeness (QED) is 0.846. The zero-order valence-corrected chi connectivity index (χ0v) is 13.6. The maximum absolute atomic E-state index is 13.1. The molecule has 2 bridgehead atoms. The molecular formula is C18H23FN2O3. The molecule has 3 atom stereocenters. The van der Waals surface area contributed by atoms with Crippen LogP contribution in [0, 0.1) is 5.92 Å². The molecule has 5 nitrogen and oxygen atoms in total. The first-order valence-electron chi connectivity index (χ1n) is 8.79. The van der Waals surface area contributed by atoms with Crippen molar-refractivity contribution in [1.29, 1.82) is 0 Å². The number of hydrogen-bond acceptors (Lipinski definition) is 4. The van der Waals surface area contributed by atoms with Gasteiger partial charge in [-0.1, -0.05) is 6.07 Å². The highest BCUT2D eigenvalue weighted by atomic mass is 19.1. The number of ether oxygens (including phenoxy) is 2. The summed E-state index contributed by atoms with van der Waals surface area (Å²) >= 11 is 0. The molecule has 1 aliphatic heterocycles. The van der Waals surface area contributed by atoms with E-state index >= 15 is 0 Å². The van der Waals surface area contributed by atoms with Crippen molar-refractivity contribution < 1.29 is 18.7 Å². The van der Waals surface area contributed by atoms with E-state index in [0.29, 0.717) is 32.6 Å². The first kappa shape index (κ1) is 16.0. The molecule has 2 aliphatic carbocycles. The zero-order chi connectivity index (χ0) is 16.5. The highest BCUT2D eigenvalue weighted by molar-refractivity contribution is 5.80. The van der Waals surface area contributed by atoms with Crippen molar-refractivity contribution in [3.63, 3.8) is 0 Å². The Morgan fingerprint density at radius 3 is 3.04 bits per heavy atom. The van der Waals surface area contributed by atoms with Gasteiger partial charge in [-0.15, -0.1) is 0 Å². The smallest absolute Gasteiger partial charge is 0.226 e. The SMILES string of the molecule is O=C(C1CC(F)C1)N1CCO[C@H]2CC[C@H]1[C@H]2OCc1cccnc1. The van der Waals surface area contributed by atoms with Gasteiger partial charge in [0, 0.05) is 24.9 Å². The molecule has 1 aromatic rings. The predicted octanol–water partition coefficient (Wildman–Crippen LogP) is 2.10. The number of halogens is 1. The van der Waals surface area contributed by atoms with Crippen LogP contribution >= 0.6 is 0 Å². The lowest BCUT2D eigenvalue weighted by Gasteiger charge is -2.37. The van der Waals surface area contributed by atoms with Crippen LogP contribution in [-0.2, 0) is 20.9 Å². The minimum Gasteiger partial charge on any atom is -0.374 e. The van der Waals surface area contributed by atoms with E-state index < -0.39 is 6.17 Å². The topological polar surface area (TPSA) is 51.7 Å². The van der Waals surface area contributed by atoms with Crippen molar-refractivity contribution >= 4 is 5.91 Å². The van der Waals surface area contributed by atoms with Crippen LogP contribution in [-0.4, -0.2) is 53.4 Å². The normalized spacial score (nSPS) is 35.4. The number of alkyl halides is 1. The molecule has 0 unspecified atom stereocenters. The zero-order valence-electron chi connectivity index (χ0n) is 13.6. The minimum atomic E-state index is -0.809. The fraction of sp³-hybridized carbons (Fsp3) is 0.667. The first-order chi connectivity index (χ1) is 11.7. The van der Waals surface area contributed by atoms with Crippen LogP contribution in [0.4, 0.5) is 4.39 Å². The van der Waals surface area contributed by atoms with Gasteiger partial charge in [0.25, 0.3) is 0 Å². The molecule has 0 N–H and O–H groups in total. The van der Waals surface area contributed by atoms with Gasteiger partial charge in [-0.2, -0.15) is 0 Å². The number of hydrogen-bond donors (Lipinski definition) is 0. The molecule has 4 rings (SSSR count). The fourth-order valence-corrected chi connectivity index (χ4v) is 4.04. The van der Waals surface area contributed by atoms with Crippen molar-refractivity contribution in [2.75, 3.05) is 13.2 Å². The van der Waals surface area contributed by atoms with Crippen LogP contribution in [0.15, 0.2) is 24.5 Å². The van der Waals surface area contributed by atoms with Crippen molar-refractivity contribution in [3.05, 3.63) is 30.1 Å². The average Bonchev–Trinajstić information content (AvgIpc) is 2.86. The Balaban J connectivity index is 1.44. The third kappa shape index (κ3) is 3.05. The number of amides is 1. The lowest BCUT2D eigenvalue weighted by molar-refractivity contribution is -0.145. The van der Waals surface area contributed by atoms with Crippen LogP contribution in [0.2, 0.25) is 0 Å². The summed E-state index contributed by atoms with van der Waals surface area (Å²) in [6.07, 6.45) is 5.18. The maximum atomic E-state index is 13.1. The number of aromatic nitrogens is 1. The molecule has 0 aromatic carbocycles. The second-order valence-corrected chi connectivity index (χ2v) is 6.99. The molecule has 6 heteroatoms. The van der Waals surface area contributed by atoms with E-state index in [1.165, 1.54) is 0 Å². The molecule has 1 aromatic heterocycles. The molecule has 3 aliphatic rings. The molecule has 2 heterocycles. The third-order valence-corrected chi connectivity index (χ3v) is 5.44.